The summed E-state index contributed by atoms with van der Waals surface area (Å²) < 4.78 is 0. The van der Waals surface area contributed by atoms with Crippen molar-refractivity contribution in [3.8, 4) is 0 Å². The van der Waals surface area contributed by atoms with Crippen LogP contribution in [0.3, 0.4) is 0 Å². The van der Waals surface area contributed by atoms with Crippen LogP contribution < -0.4 is 49.1 Å². The molecule has 6 atom stereocenters. The molecule has 0 aliphatic heterocycles. The second-order valence-electron chi connectivity index (χ2n) is 11.4. The summed E-state index contributed by atoms with van der Waals surface area (Å²) in [6.07, 6.45) is -0.301. The van der Waals surface area contributed by atoms with Crippen molar-refractivity contribution < 1.29 is 58.2 Å². The number of nitrogens with two attached hydrogens (primary N) is 3. The zero-order valence-electron chi connectivity index (χ0n) is 28.0. The summed E-state index contributed by atoms with van der Waals surface area (Å²) in [6, 6.07) is -7.39. The molecule has 0 heterocycles. The van der Waals surface area contributed by atoms with Crippen LogP contribution in [0.4, 0.5) is 0 Å². The van der Waals surface area contributed by atoms with Crippen LogP contribution in [-0.4, -0.2) is 119 Å². The molecular formula is C29H49N9O12. The van der Waals surface area contributed by atoms with Crippen LogP contribution in [0.1, 0.15) is 71.6 Å². The lowest BCUT2D eigenvalue weighted by Crippen LogP contribution is -2.57. The van der Waals surface area contributed by atoms with Gasteiger partial charge < -0.3 is 64.1 Å². The van der Waals surface area contributed by atoms with Crippen LogP contribution in [0.15, 0.2) is 0 Å². The molecule has 0 aromatic carbocycles. The Bertz CT molecular complexity index is 1230. The molecule has 0 spiro atoms. The van der Waals surface area contributed by atoms with Gasteiger partial charge in [0.2, 0.25) is 41.4 Å². The number of aldehydes is 1. The number of unbranched alkanes of at least 4 members (excludes halogenated alkanes) is 1. The van der Waals surface area contributed by atoms with Crippen molar-refractivity contribution in [1.29, 1.82) is 0 Å². The minimum absolute atomic E-state index is 0.117. The van der Waals surface area contributed by atoms with Gasteiger partial charge >= 0.3 is 11.9 Å². The summed E-state index contributed by atoms with van der Waals surface area (Å²) in [5, 5.41) is 31.6. The molecule has 7 amide bonds. The summed E-state index contributed by atoms with van der Waals surface area (Å²) in [5.74, 6) is -8.12. The SMILES string of the molecule is C[C@H](NC(=O)[C@H](C)NC(=O)[C@H](CCC(N)=O)NC(=O)CNC(=O)[C@@H](N)CCC(=O)O)C(=O)N[C@@H](CCCCN)C(=O)N[C@H](C=O)CCC(=O)O. The molecule has 0 aromatic heterocycles. The average Bonchev–Trinajstić information content (AvgIpc) is 3.04. The Morgan fingerprint density at radius 3 is 1.70 bits per heavy atom. The molecule has 0 aliphatic rings. The Labute approximate surface area is 287 Å². The van der Waals surface area contributed by atoms with Crippen molar-refractivity contribution in [2.24, 2.45) is 17.2 Å². The number of amides is 7. The summed E-state index contributed by atoms with van der Waals surface area (Å²) in [4.78, 5) is 120. The highest BCUT2D eigenvalue weighted by Crippen LogP contribution is 2.05. The molecule has 282 valence electrons. The zero-order chi connectivity index (χ0) is 38.4. The van der Waals surface area contributed by atoms with Crippen LogP contribution in [-0.2, 0) is 47.9 Å². The molecule has 0 aliphatic carbocycles. The van der Waals surface area contributed by atoms with Gasteiger partial charge in [0.1, 0.15) is 30.5 Å². The van der Waals surface area contributed by atoms with E-state index in [1.54, 1.807) is 0 Å². The number of hydrogen-bond donors (Lipinski definition) is 11. The molecule has 0 aromatic rings. The van der Waals surface area contributed by atoms with E-state index < -0.39 is 96.1 Å². The topological polar surface area (TPSA) is 361 Å². The maximum Gasteiger partial charge on any atom is 0.303 e. The molecular weight excluding hydrogens is 666 g/mol. The Morgan fingerprint density at radius 1 is 0.640 bits per heavy atom. The average molecular weight is 716 g/mol. The number of carboxylic acid groups (broad SMARTS) is 2. The van der Waals surface area contributed by atoms with Crippen molar-refractivity contribution in [1.82, 2.24) is 31.9 Å². The van der Waals surface area contributed by atoms with Crippen LogP contribution in [0.25, 0.3) is 0 Å². The third kappa shape index (κ3) is 19.6. The number of aliphatic carboxylic acids is 2. The van der Waals surface area contributed by atoms with E-state index in [1.807, 2.05) is 0 Å². The van der Waals surface area contributed by atoms with Gasteiger partial charge in [-0.05, 0) is 58.9 Å². The smallest absolute Gasteiger partial charge is 0.303 e. The minimum atomic E-state index is -1.39. The van der Waals surface area contributed by atoms with Crippen LogP contribution in [0, 0.1) is 0 Å². The molecule has 0 rings (SSSR count). The molecule has 0 unspecified atom stereocenters. The first-order chi connectivity index (χ1) is 23.4. The van der Waals surface area contributed by atoms with Gasteiger partial charge in [-0.2, -0.15) is 0 Å². The number of hydrogen-bond acceptors (Lipinski definition) is 12. The number of nitrogens with one attached hydrogen (secondary N) is 6. The quantitative estimate of drug-likeness (QED) is 0.0296. The third-order valence-electron chi connectivity index (χ3n) is 7.01. The first-order valence-corrected chi connectivity index (χ1v) is 15.8. The fourth-order valence-electron chi connectivity index (χ4n) is 4.09. The largest absolute Gasteiger partial charge is 0.481 e. The monoisotopic (exact) mass is 715 g/mol. The standard InChI is InChI=1S/C29H49N9O12/c1-15(35-28(49)20(8-9-21(32)40)37-22(41)13-33-27(48)18(31)7-11-24(44)45)25(46)34-16(2)26(47)38-19(5-3-4-12-30)29(50)36-17(14-39)6-10-23(42)43/h14-20H,3-13,30-31H2,1-2H3,(H2,32,40)(H,33,48)(H,34,46)(H,35,49)(H,36,50)(H,37,41)(H,38,47)(H,42,43)(H,44,45)/t15-,16-,17-,18-,19-,20-/m0/s1. The summed E-state index contributed by atoms with van der Waals surface area (Å²) in [5.41, 5.74) is 16.3. The van der Waals surface area contributed by atoms with E-state index in [-0.39, 0.29) is 44.9 Å². The van der Waals surface area contributed by atoms with Gasteiger partial charge in [-0.1, -0.05) is 0 Å². The lowest BCUT2D eigenvalue weighted by atomic mass is 10.1. The number of rotatable bonds is 26. The molecule has 0 saturated heterocycles. The predicted octanol–water partition coefficient (Wildman–Crippen LogP) is -4.78. The maximum absolute atomic E-state index is 13.0. The van der Waals surface area contributed by atoms with Crippen LogP contribution in [0.5, 0.6) is 0 Å². The van der Waals surface area contributed by atoms with Gasteiger partial charge in [-0.25, -0.2) is 0 Å². The van der Waals surface area contributed by atoms with E-state index in [9.17, 15) is 47.9 Å². The van der Waals surface area contributed by atoms with Crippen molar-refractivity contribution in [2.45, 2.75) is 108 Å². The predicted molar refractivity (Wildman–Crippen MR) is 173 cm³/mol. The molecule has 50 heavy (non-hydrogen) atoms. The van der Waals surface area contributed by atoms with E-state index in [4.69, 9.17) is 27.4 Å². The summed E-state index contributed by atoms with van der Waals surface area (Å²) in [7, 11) is 0. The second-order valence-corrected chi connectivity index (χ2v) is 11.4. The third-order valence-corrected chi connectivity index (χ3v) is 7.01. The molecule has 0 fully saturated rings. The van der Waals surface area contributed by atoms with Crippen LogP contribution in [0.2, 0.25) is 0 Å². The fourth-order valence-corrected chi connectivity index (χ4v) is 4.09. The Balaban J connectivity index is 5.34. The highest BCUT2D eigenvalue weighted by atomic mass is 16.4. The van der Waals surface area contributed by atoms with E-state index in [1.165, 1.54) is 13.8 Å². The van der Waals surface area contributed by atoms with Crippen molar-refractivity contribution >= 4 is 59.6 Å². The Kier molecular flexibility index (Phi) is 21.5. The van der Waals surface area contributed by atoms with E-state index >= 15 is 0 Å². The van der Waals surface area contributed by atoms with Gasteiger partial charge in [0.05, 0.1) is 18.6 Å². The number of primary amides is 1. The van der Waals surface area contributed by atoms with Gasteiger partial charge in [0, 0.05) is 19.3 Å². The first kappa shape index (κ1) is 44.8. The Hall–Kier alpha value is -5.18. The minimum Gasteiger partial charge on any atom is -0.481 e. The zero-order valence-corrected chi connectivity index (χ0v) is 28.0. The van der Waals surface area contributed by atoms with E-state index in [2.05, 4.69) is 31.9 Å². The van der Waals surface area contributed by atoms with Gasteiger partial charge in [-0.15, -0.1) is 0 Å². The fraction of sp³-hybridized carbons (Fsp3) is 0.655. The van der Waals surface area contributed by atoms with Crippen molar-refractivity contribution in [3.05, 3.63) is 0 Å². The number of carbonyl (C=O) groups is 10. The Morgan fingerprint density at radius 2 is 1.16 bits per heavy atom. The lowest BCUT2D eigenvalue weighted by Gasteiger charge is -2.24. The lowest BCUT2D eigenvalue weighted by molar-refractivity contribution is -0.138. The van der Waals surface area contributed by atoms with Crippen molar-refractivity contribution in [3.63, 3.8) is 0 Å². The van der Waals surface area contributed by atoms with Gasteiger partial charge in [-0.3, -0.25) is 43.2 Å². The van der Waals surface area contributed by atoms with E-state index in [0.717, 1.165) is 0 Å². The molecule has 21 heteroatoms. The molecule has 0 radical (unpaired) electrons. The van der Waals surface area contributed by atoms with Gasteiger partial charge in [0.15, 0.2) is 0 Å². The molecule has 0 saturated carbocycles. The van der Waals surface area contributed by atoms with Crippen molar-refractivity contribution in [2.75, 3.05) is 13.1 Å². The number of carbonyl (C=O) groups excluding carboxylic acids is 8. The molecule has 21 nitrogen and oxygen atoms in total. The normalized spacial score (nSPS) is 14.2. The maximum atomic E-state index is 13.0. The molecule has 0 bridgehead atoms. The summed E-state index contributed by atoms with van der Waals surface area (Å²) in [6.45, 7) is 2.23. The highest BCUT2D eigenvalue weighted by Gasteiger charge is 2.29. The second kappa shape index (κ2) is 24.0. The van der Waals surface area contributed by atoms with Crippen LogP contribution >= 0.6 is 0 Å². The highest BCUT2D eigenvalue weighted by molar-refractivity contribution is 5.96. The molecule has 14 N–H and O–H groups in total. The summed E-state index contributed by atoms with van der Waals surface area (Å²) >= 11 is 0. The van der Waals surface area contributed by atoms with Gasteiger partial charge in [0.25, 0.3) is 0 Å². The first-order valence-electron chi connectivity index (χ1n) is 15.8. The van der Waals surface area contributed by atoms with E-state index in [0.29, 0.717) is 25.7 Å². The number of carboxylic acids is 2.